The summed E-state index contributed by atoms with van der Waals surface area (Å²) in [5.74, 6) is 0.948. The minimum absolute atomic E-state index is 0.451. The molecule has 0 unspecified atom stereocenters. The first-order valence-corrected chi connectivity index (χ1v) is 5.45. The maximum Gasteiger partial charge on any atom is 0.135 e. The Morgan fingerprint density at radius 2 is 2.08 bits per heavy atom. The number of carbonyl (C=O) groups is 1. The van der Waals surface area contributed by atoms with Gasteiger partial charge in [0.05, 0.1) is 0 Å². The number of carbonyl (C=O) groups excluding carboxylic acids is 1. The van der Waals surface area contributed by atoms with Crippen molar-refractivity contribution in [1.82, 2.24) is 0 Å². The van der Waals surface area contributed by atoms with E-state index in [1.807, 2.05) is 6.92 Å². The van der Waals surface area contributed by atoms with Crippen molar-refractivity contribution in [3.05, 3.63) is 0 Å². The van der Waals surface area contributed by atoms with Crippen LogP contribution in [0.4, 0.5) is 0 Å². The zero-order chi connectivity index (χ0) is 9.52. The molecule has 0 aromatic carbocycles. The van der Waals surface area contributed by atoms with E-state index in [1.54, 1.807) is 0 Å². The molecule has 2 heteroatoms. The van der Waals surface area contributed by atoms with Crippen LogP contribution in [0.1, 0.15) is 45.4 Å². The minimum Gasteiger partial charge on any atom is -0.382 e. The molecule has 0 saturated heterocycles. The van der Waals surface area contributed by atoms with Crippen LogP contribution in [0.15, 0.2) is 0 Å². The number of hydrogen-bond acceptors (Lipinski definition) is 2. The van der Waals surface area contributed by atoms with Gasteiger partial charge in [0.1, 0.15) is 5.78 Å². The van der Waals surface area contributed by atoms with Gasteiger partial charge in [-0.1, -0.05) is 6.42 Å². The molecule has 1 fully saturated rings. The number of unbranched alkanes of at least 4 members (excludes halogenated alkanes) is 2. The lowest BCUT2D eigenvalue weighted by Gasteiger charge is -2.00. The average molecular weight is 184 g/mol. The smallest absolute Gasteiger partial charge is 0.135 e. The molecule has 0 aliphatic heterocycles. The lowest BCUT2D eigenvalue weighted by Crippen LogP contribution is -2.00. The summed E-state index contributed by atoms with van der Waals surface area (Å²) in [5.41, 5.74) is 0. The Kier molecular flexibility index (Phi) is 5.06. The highest BCUT2D eigenvalue weighted by Gasteiger charge is 2.28. The number of Topliss-reactive ketones (excluding diaryl/α,β-unsaturated/α-hetero) is 1. The molecule has 76 valence electrons. The van der Waals surface area contributed by atoms with Gasteiger partial charge in [-0.05, 0) is 32.6 Å². The first-order chi connectivity index (χ1) is 6.34. The van der Waals surface area contributed by atoms with Crippen LogP contribution < -0.4 is 0 Å². The summed E-state index contributed by atoms with van der Waals surface area (Å²) in [5, 5.41) is 0. The zero-order valence-electron chi connectivity index (χ0n) is 8.55. The maximum atomic E-state index is 11.3. The third kappa shape index (κ3) is 5.04. The van der Waals surface area contributed by atoms with Gasteiger partial charge in [0.25, 0.3) is 0 Å². The first kappa shape index (κ1) is 10.7. The van der Waals surface area contributed by atoms with Crippen molar-refractivity contribution in [3.63, 3.8) is 0 Å². The van der Waals surface area contributed by atoms with Crippen molar-refractivity contribution in [2.24, 2.45) is 5.92 Å². The molecule has 13 heavy (non-hydrogen) atoms. The highest BCUT2D eigenvalue weighted by molar-refractivity contribution is 5.82. The fourth-order valence-electron chi connectivity index (χ4n) is 1.43. The molecule has 0 aromatic heterocycles. The molecule has 0 amide bonds. The summed E-state index contributed by atoms with van der Waals surface area (Å²) in [7, 11) is 0. The second-order valence-corrected chi connectivity index (χ2v) is 3.75. The van der Waals surface area contributed by atoms with E-state index in [0.717, 1.165) is 51.7 Å². The van der Waals surface area contributed by atoms with Gasteiger partial charge in [-0.15, -0.1) is 0 Å². The highest BCUT2D eigenvalue weighted by Crippen LogP contribution is 2.31. The lowest BCUT2D eigenvalue weighted by molar-refractivity contribution is -0.120. The quantitative estimate of drug-likeness (QED) is 0.542. The van der Waals surface area contributed by atoms with Crippen LogP contribution in [0.3, 0.4) is 0 Å². The predicted molar refractivity (Wildman–Crippen MR) is 52.7 cm³/mol. The molecule has 0 heterocycles. The Morgan fingerprint density at radius 3 is 2.69 bits per heavy atom. The first-order valence-electron chi connectivity index (χ1n) is 5.45. The van der Waals surface area contributed by atoms with Crippen LogP contribution in [0.25, 0.3) is 0 Å². The Bertz CT molecular complexity index is 150. The van der Waals surface area contributed by atoms with Crippen molar-refractivity contribution in [2.45, 2.75) is 45.4 Å². The summed E-state index contributed by atoms with van der Waals surface area (Å²) in [4.78, 5) is 11.3. The fourth-order valence-corrected chi connectivity index (χ4v) is 1.43. The molecular weight excluding hydrogens is 164 g/mol. The van der Waals surface area contributed by atoms with Crippen molar-refractivity contribution >= 4 is 5.78 Å². The fraction of sp³-hybridized carbons (Fsp3) is 0.909. The predicted octanol–water partition coefficient (Wildman–Crippen LogP) is 2.56. The highest BCUT2D eigenvalue weighted by atomic mass is 16.5. The number of ether oxygens (including phenoxy) is 1. The van der Waals surface area contributed by atoms with Gasteiger partial charge in [-0.3, -0.25) is 4.79 Å². The Labute approximate surface area is 80.7 Å². The SMILES string of the molecule is CCOCCCCCC(=O)C1CC1. The van der Waals surface area contributed by atoms with E-state index >= 15 is 0 Å². The van der Waals surface area contributed by atoms with E-state index in [-0.39, 0.29) is 0 Å². The largest absolute Gasteiger partial charge is 0.382 e. The standard InChI is InChI=1S/C11H20O2/c1-2-13-9-5-3-4-6-11(12)10-7-8-10/h10H,2-9H2,1H3. The molecule has 0 bridgehead atoms. The number of ketones is 1. The number of hydrogen-bond donors (Lipinski definition) is 0. The zero-order valence-corrected chi connectivity index (χ0v) is 8.55. The second kappa shape index (κ2) is 6.14. The monoisotopic (exact) mass is 184 g/mol. The van der Waals surface area contributed by atoms with E-state index in [9.17, 15) is 4.79 Å². The van der Waals surface area contributed by atoms with Crippen LogP contribution in [0.5, 0.6) is 0 Å². The minimum atomic E-state index is 0.451. The molecule has 1 aliphatic carbocycles. The molecule has 1 aliphatic rings. The molecule has 2 nitrogen and oxygen atoms in total. The van der Waals surface area contributed by atoms with Crippen LogP contribution in [-0.2, 0) is 9.53 Å². The van der Waals surface area contributed by atoms with Crippen LogP contribution in [0.2, 0.25) is 0 Å². The van der Waals surface area contributed by atoms with E-state index in [1.165, 1.54) is 0 Å². The van der Waals surface area contributed by atoms with Gasteiger partial charge < -0.3 is 4.74 Å². The van der Waals surface area contributed by atoms with Gasteiger partial charge >= 0.3 is 0 Å². The van der Waals surface area contributed by atoms with E-state index in [0.29, 0.717) is 11.7 Å². The van der Waals surface area contributed by atoms with Gasteiger partial charge in [-0.2, -0.15) is 0 Å². The van der Waals surface area contributed by atoms with Crippen molar-refractivity contribution in [3.8, 4) is 0 Å². The Balaban J connectivity index is 1.80. The summed E-state index contributed by atoms with van der Waals surface area (Å²) in [6, 6.07) is 0. The second-order valence-electron chi connectivity index (χ2n) is 3.75. The topological polar surface area (TPSA) is 26.3 Å². The van der Waals surface area contributed by atoms with Crippen molar-refractivity contribution in [1.29, 1.82) is 0 Å². The Hall–Kier alpha value is -0.370. The molecule has 0 radical (unpaired) electrons. The molecule has 1 rings (SSSR count). The van der Waals surface area contributed by atoms with Crippen molar-refractivity contribution < 1.29 is 9.53 Å². The van der Waals surface area contributed by atoms with Crippen LogP contribution in [0, 0.1) is 5.92 Å². The van der Waals surface area contributed by atoms with Gasteiger partial charge in [0, 0.05) is 25.6 Å². The summed E-state index contributed by atoms with van der Waals surface area (Å²) >= 11 is 0. The molecule has 0 N–H and O–H groups in total. The van der Waals surface area contributed by atoms with Crippen LogP contribution in [-0.4, -0.2) is 19.0 Å². The summed E-state index contributed by atoms with van der Waals surface area (Å²) in [6.07, 6.45) is 6.40. The molecular formula is C11H20O2. The van der Waals surface area contributed by atoms with Crippen molar-refractivity contribution in [2.75, 3.05) is 13.2 Å². The van der Waals surface area contributed by atoms with Crippen LogP contribution >= 0.6 is 0 Å². The summed E-state index contributed by atoms with van der Waals surface area (Å²) < 4.78 is 5.22. The Morgan fingerprint density at radius 1 is 1.31 bits per heavy atom. The lowest BCUT2D eigenvalue weighted by atomic mass is 10.1. The van der Waals surface area contributed by atoms with E-state index in [2.05, 4.69) is 0 Å². The molecule has 0 spiro atoms. The van der Waals surface area contributed by atoms with Gasteiger partial charge in [0.2, 0.25) is 0 Å². The number of rotatable bonds is 8. The van der Waals surface area contributed by atoms with E-state index < -0.39 is 0 Å². The summed E-state index contributed by atoms with van der Waals surface area (Å²) in [6.45, 7) is 3.67. The third-order valence-electron chi connectivity index (χ3n) is 2.45. The van der Waals surface area contributed by atoms with E-state index in [4.69, 9.17) is 4.74 Å². The van der Waals surface area contributed by atoms with Gasteiger partial charge in [-0.25, -0.2) is 0 Å². The third-order valence-corrected chi connectivity index (χ3v) is 2.45. The molecule has 0 aromatic rings. The van der Waals surface area contributed by atoms with Gasteiger partial charge in [0.15, 0.2) is 0 Å². The molecule has 0 atom stereocenters. The normalized spacial score (nSPS) is 16.1. The molecule has 1 saturated carbocycles. The average Bonchev–Trinajstić information content (AvgIpc) is 2.93. The maximum absolute atomic E-state index is 11.3.